The first-order valence-corrected chi connectivity index (χ1v) is 14.8. The maximum atomic E-state index is 16.0. The molecule has 1 saturated carbocycles. The summed E-state index contributed by atoms with van der Waals surface area (Å²) in [6.07, 6.45) is 11.6. The van der Waals surface area contributed by atoms with Crippen LogP contribution in [0.4, 0.5) is 10.2 Å². The SMILES string of the molecule is CCC(C)OC(=O)C(c1cccnc1C1CC1)N1CCC(F)(CCCCCc2ccc3c(n2)NCCC3)C1. The van der Waals surface area contributed by atoms with Crippen molar-refractivity contribution >= 4 is 11.8 Å². The van der Waals surface area contributed by atoms with Crippen molar-refractivity contribution in [3.8, 4) is 0 Å². The van der Waals surface area contributed by atoms with Crippen molar-refractivity contribution in [1.82, 2.24) is 14.9 Å². The molecule has 38 heavy (non-hydrogen) atoms. The number of pyridine rings is 2. The molecule has 1 saturated heterocycles. The van der Waals surface area contributed by atoms with Gasteiger partial charge in [0, 0.05) is 48.7 Å². The Labute approximate surface area is 226 Å². The minimum Gasteiger partial charge on any atom is -0.461 e. The molecule has 1 N–H and O–H groups in total. The van der Waals surface area contributed by atoms with E-state index in [1.165, 1.54) is 12.0 Å². The van der Waals surface area contributed by atoms with Crippen molar-refractivity contribution in [3.63, 3.8) is 0 Å². The number of carbonyl (C=O) groups excluding carboxylic acids is 1. The second-order valence-electron chi connectivity index (χ2n) is 11.6. The Kier molecular flexibility index (Phi) is 8.61. The van der Waals surface area contributed by atoms with Crippen LogP contribution in [0, 0.1) is 0 Å². The Morgan fingerprint density at radius 1 is 1.26 bits per heavy atom. The number of aromatic nitrogens is 2. The molecule has 3 aliphatic rings. The summed E-state index contributed by atoms with van der Waals surface area (Å²) in [6.45, 7) is 5.75. The molecule has 7 heteroatoms. The standard InChI is InChI=1S/C31H43FN4O2/c1-3-22(2)38-30(37)28(26-11-8-18-33-27(26)23-12-13-23)36-20-17-31(32,21-36)16-6-4-5-10-25-15-14-24-9-7-19-34-29(24)35-25/h8,11,14-15,18,22-23,28H,3-7,9-10,12-13,16-17,19-21H2,1-2H3,(H,34,35). The summed E-state index contributed by atoms with van der Waals surface area (Å²) in [5, 5.41) is 3.40. The van der Waals surface area contributed by atoms with E-state index in [4.69, 9.17) is 9.72 Å². The fraction of sp³-hybridized carbons (Fsp3) is 0.645. The van der Waals surface area contributed by atoms with Crippen LogP contribution in [0.3, 0.4) is 0 Å². The molecule has 3 unspecified atom stereocenters. The first-order valence-electron chi connectivity index (χ1n) is 14.8. The third kappa shape index (κ3) is 6.53. The number of nitrogens with zero attached hydrogens (tertiary/aromatic N) is 3. The number of fused-ring (bicyclic) bond motifs is 1. The van der Waals surface area contributed by atoms with Gasteiger partial charge in [0.2, 0.25) is 0 Å². The average molecular weight is 523 g/mol. The monoisotopic (exact) mass is 522 g/mol. The van der Waals surface area contributed by atoms with Gasteiger partial charge in [-0.1, -0.05) is 31.9 Å². The molecule has 0 spiro atoms. The maximum Gasteiger partial charge on any atom is 0.328 e. The first-order chi connectivity index (χ1) is 18.5. The quantitative estimate of drug-likeness (QED) is 0.260. The number of hydrogen-bond donors (Lipinski definition) is 1. The first kappa shape index (κ1) is 27.0. The molecule has 2 aromatic heterocycles. The van der Waals surface area contributed by atoms with Gasteiger partial charge < -0.3 is 10.1 Å². The lowest BCUT2D eigenvalue weighted by atomic mass is 9.96. The number of alkyl halides is 1. The highest BCUT2D eigenvalue weighted by Crippen LogP contribution is 2.44. The number of hydrogen-bond acceptors (Lipinski definition) is 6. The van der Waals surface area contributed by atoms with Crippen LogP contribution in [-0.4, -0.2) is 52.2 Å². The number of likely N-dealkylation sites (tertiary alicyclic amines) is 1. The molecule has 2 fully saturated rings. The largest absolute Gasteiger partial charge is 0.461 e. The minimum absolute atomic E-state index is 0.163. The lowest BCUT2D eigenvalue weighted by Gasteiger charge is -2.29. The van der Waals surface area contributed by atoms with Gasteiger partial charge in [-0.3, -0.25) is 9.88 Å². The molecule has 0 radical (unpaired) electrons. The smallest absolute Gasteiger partial charge is 0.328 e. The second-order valence-corrected chi connectivity index (χ2v) is 11.6. The second kappa shape index (κ2) is 12.1. The van der Waals surface area contributed by atoms with Crippen LogP contribution in [0.1, 0.15) is 106 Å². The average Bonchev–Trinajstić information content (AvgIpc) is 3.71. The number of halogens is 1. The van der Waals surface area contributed by atoms with Gasteiger partial charge in [-0.15, -0.1) is 0 Å². The van der Waals surface area contributed by atoms with E-state index < -0.39 is 11.7 Å². The van der Waals surface area contributed by atoms with E-state index in [2.05, 4.69) is 22.4 Å². The zero-order chi connectivity index (χ0) is 26.5. The van der Waals surface area contributed by atoms with Crippen LogP contribution in [-0.2, 0) is 22.4 Å². The molecule has 0 aromatic carbocycles. The molecule has 3 atom stereocenters. The van der Waals surface area contributed by atoms with Crippen LogP contribution < -0.4 is 5.32 Å². The van der Waals surface area contributed by atoms with E-state index in [-0.39, 0.29) is 18.6 Å². The molecule has 0 amide bonds. The van der Waals surface area contributed by atoms with Gasteiger partial charge in [0.15, 0.2) is 0 Å². The highest BCUT2D eigenvalue weighted by molar-refractivity contribution is 5.78. The Morgan fingerprint density at radius 2 is 2.13 bits per heavy atom. The molecule has 4 heterocycles. The highest BCUT2D eigenvalue weighted by atomic mass is 19.1. The molecule has 0 bridgehead atoms. The van der Waals surface area contributed by atoms with Crippen LogP contribution in [0.15, 0.2) is 30.5 Å². The van der Waals surface area contributed by atoms with Gasteiger partial charge in [0.25, 0.3) is 0 Å². The topological polar surface area (TPSA) is 67.3 Å². The van der Waals surface area contributed by atoms with Gasteiger partial charge in [0.1, 0.15) is 17.5 Å². The molecule has 2 aliphatic heterocycles. The van der Waals surface area contributed by atoms with E-state index >= 15 is 4.39 Å². The van der Waals surface area contributed by atoms with Crippen molar-refractivity contribution in [1.29, 1.82) is 0 Å². The number of unbranched alkanes of at least 4 members (excludes halogenated alkanes) is 2. The summed E-state index contributed by atoms with van der Waals surface area (Å²) < 4.78 is 21.8. The number of ether oxygens (including phenoxy) is 1. The van der Waals surface area contributed by atoms with Crippen molar-refractivity contribution < 1.29 is 13.9 Å². The third-order valence-electron chi connectivity index (χ3n) is 8.45. The highest BCUT2D eigenvalue weighted by Gasteiger charge is 2.45. The molecule has 2 aromatic rings. The number of rotatable bonds is 12. The number of anilines is 1. The predicted octanol–water partition coefficient (Wildman–Crippen LogP) is 6.31. The van der Waals surface area contributed by atoms with Crippen LogP contribution >= 0.6 is 0 Å². The molecule has 6 nitrogen and oxygen atoms in total. The predicted molar refractivity (Wildman–Crippen MR) is 148 cm³/mol. The molecule has 5 rings (SSSR count). The zero-order valence-corrected chi connectivity index (χ0v) is 23.1. The summed E-state index contributed by atoms with van der Waals surface area (Å²) in [7, 11) is 0. The van der Waals surface area contributed by atoms with Gasteiger partial charge in [-0.05, 0) is 82.4 Å². The third-order valence-corrected chi connectivity index (χ3v) is 8.45. The fourth-order valence-electron chi connectivity index (χ4n) is 5.90. The number of carbonyl (C=O) groups is 1. The molecule has 1 aliphatic carbocycles. The Morgan fingerprint density at radius 3 is 2.95 bits per heavy atom. The van der Waals surface area contributed by atoms with Gasteiger partial charge >= 0.3 is 5.97 Å². The Balaban J connectivity index is 1.17. The van der Waals surface area contributed by atoms with Crippen molar-refractivity contribution in [2.24, 2.45) is 0 Å². The molecular weight excluding hydrogens is 479 g/mol. The number of esters is 1. The number of aryl methyl sites for hydroxylation is 2. The van der Waals surface area contributed by atoms with Crippen molar-refractivity contribution in [2.75, 3.05) is 25.0 Å². The van der Waals surface area contributed by atoms with E-state index in [0.29, 0.717) is 25.3 Å². The van der Waals surface area contributed by atoms with Crippen LogP contribution in [0.2, 0.25) is 0 Å². The lowest BCUT2D eigenvalue weighted by molar-refractivity contribution is -0.155. The summed E-state index contributed by atoms with van der Waals surface area (Å²) in [6, 6.07) is 7.63. The van der Waals surface area contributed by atoms with E-state index in [1.54, 1.807) is 6.20 Å². The van der Waals surface area contributed by atoms with E-state index in [0.717, 1.165) is 80.7 Å². The summed E-state index contributed by atoms with van der Waals surface area (Å²) in [5.74, 6) is 1.18. The zero-order valence-electron chi connectivity index (χ0n) is 23.1. The summed E-state index contributed by atoms with van der Waals surface area (Å²) in [4.78, 5) is 24.8. The summed E-state index contributed by atoms with van der Waals surface area (Å²) >= 11 is 0. The minimum atomic E-state index is -1.27. The normalized spacial score (nSPS) is 22.9. The van der Waals surface area contributed by atoms with Crippen molar-refractivity contribution in [2.45, 2.75) is 108 Å². The summed E-state index contributed by atoms with van der Waals surface area (Å²) in [5.41, 5.74) is 3.04. The number of nitrogens with one attached hydrogen (secondary N) is 1. The van der Waals surface area contributed by atoms with Gasteiger partial charge in [0.05, 0.1) is 6.10 Å². The van der Waals surface area contributed by atoms with Crippen LogP contribution in [0.5, 0.6) is 0 Å². The maximum absolute atomic E-state index is 16.0. The Hall–Kier alpha value is -2.54. The molecule has 206 valence electrons. The lowest BCUT2D eigenvalue weighted by Crippen LogP contribution is -2.38. The Bertz CT molecular complexity index is 1110. The van der Waals surface area contributed by atoms with Crippen LogP contribution in [0.25, 0.3) is 0 Å². The van der Waals surface area contributed by atoms with Crippen molar-refractivity contribution in [3.05, 3.63) is 53.0 Å². The van der Waals surface area contributed by atoms with Gasteiger partial charge in [-0.2, -0.15) is 0 Å². The van der Waals surface area contributed by atoms with E-state index in [1.807, 2.05) is 30.9 Å². The molecular formula is C31H43FN4O2. The van der Waals surface area contributed by atoms with E-state index in [9.17, 15) is 4.79 Å². The van der Waals surface area contributed by atoms with Gasteiger partial charge in [-0.25, -0.2) is 14.2 Å². The fourth-order valence-corrected chi connectivity index (χ4v) is 5.90.